The number of aromatic nitrogens is 3. The van der Waals surface area contributed by atoms with E-state index in [9.17, 15) is 4.79 Å². The lowest BCUT2D eigenvalue weighted by Gasteiger charge is -2.14. The molecule has 1 heterocycles. The summed E-state index contributed by atoms with van der Waals surface area (Å²) in [5.41, 5.74) is 1.39. The van der Waals surface area contributed by atoms with Crippen molar-refractivity contribution in [2.45, 2.75) is 13.0 Å². The lowest BCUT2D eigenvalue weighted by molar-refractivity contribution is 0.0513. The van der Waals surface area contributed by atoms with Crippen LogP contribution in [0.15, 0.2) is 34.9 Å². The van der Waals surface area contributed by atoms with Gasteiger partial charge in [-0.3, -0.25) is 0 Å². The van der Waals surface area contributed by atoms with Gasteiger partial charge in [0.25, 0.3) is 0 Å². The van der Waals surface area contributed by atoms with Gasteiger partial charge >= 0.3 is 5.97 Å². The predicted molar refractivity (Wildman–Crippen MR) is 86.6 cm³/mol. The second-order valence-corrected chi connectivity index (χ2v) is 6.13. The van der Waals surface area contributed by atoms with Gasteiger partial charge in [0.1, 0.15) is 6.61 Å². The molecule has 2 rings (SSSR count). The van der Waals surface area contributed by atoms with Crippen molar-refractivity contribution in [3.05, 3.63) is 46.2 Å². The van der Waals surface area contributed by atoms with Crippen molar-refractivity contribution in [1.29, 1.82) is 0 Å². The molecule has 0 radical (unpaired) electrons. The van der Waals surface area contributed by atoms with Crippen molar-refractivity contribution in [2.75, 3.05) is 18.6 Å². The lowest BCUT2D eigenvalue weighted by atomic mass is 10.1. The van der Waals surface area contributed by atoms with Crippen LogP contribution in [0.5, 0.6) is 0 Å². The summed E-state index contributed by atoms with van der Waals surface area (Å²) in [6, 6.07) is 9.73. The summed E-state index contributed by atoms with van der Waals surface area (Å²) in [4.78, 5) is 12.2. The number of carbonyl (C=O) groups excluding carboxylic acids is 1. The van der Waals surface area contributed by atoms with Gasteiger partial charge in [-0.2, -0.15) is 11.8 Å². The molecular formula is C14H16BrN3O2S. The van der Waals surface area contributed by atoms with Crippen LogP contribution in [-0.4, -0.2) is 39.6 Å². The quantitative estimate of drug-likeness (QED) is 0.578. The molecule has 7 heteroatoms. The highest BCUT2D eigenvalue weighted by molar-refractivity contribution is 9.10. The number of carbonyl (C=O) groups is 1. The third-order valence-corrected chi connectivity index (χ3v) is 4.13. The van der Waals surface area contributed by atoms with Gasteiger partial charge in [0.05, 0.1) is 6.04 Å². The fourth-order valence-electron chi connectivity index (χ4n) is 1.88. The second-order valence-electron chi connectivity index (χ2n) is 4.39. The normalized spacial score (nSPS) is 12.1. The van der Waals surface area contributed by atoms with Crippen molar-refractivity contribution in [1.82, 2.24) is 15.0 Å². The smallest absolute Gasteiger partial charge is 0.359 e. The molecule has 0 saturated carbocycles. The van der Waals surface area contributed by atoms with Gasteiger partial charge in [-0.05, 0) is 34.7 Å². The first-order chi connectivity index (χ1) is 10.1. The van der Waals surface area contributed by atoms with E-state index in [4.69, 9.17) is 4.74 Å². The molecule has 0 fully saturated rings. The van der Waals surface area contributed by atoms with Crippen LogP contribution in [0.25, 0.3) is 0 Å². The molecule has 0 N–H and O–H groups in total. The Morgan fingerprint density at radius 3 is 2.81 bits per heavy atom. The first-order valence-electron chi connectivity index (χ1n) is 6.46. The number of halogens is 1. The number of hydrogen-bond acceptors (Lipinski definition) is 5. The first-order valence-corrected chi connectivity index (χ1v) is 8.65. The number of ether oxygens (including phenoxy) is 1. The van der Waals surface area contributed by atoms with E-state index in [2.05, 4.69) is 26.2 Å². The standard InChI is InChI=1S/C14H16BrN3O2S/c1-10(11-6-4-3-5-7-11)18-12(13(15)16-17-18)14(19)20-8-9-21-2/h3-7,10H,8-9H2,1-2H3/t10-/m1/s1. The number of thioether (sulfide) groups is 1. The van der Waals surface area contributed by atoms with Crippen LogP contribution in [0.2, 0.25) is 0 Å². The van der Waals surface area contributed by atoms with Crippen LogP contribution in [0.4, 0.5) is 0 Å². The Balaban J connectivity index is 2.23. The first kappa shape index (κ1) is 16.0. The summed E-state index contributed by atoms with van der Waals surface area (Å²) in [7, 11) is 0. The Bertz CT molecular complexity index is 604. The molecule has 0 bridgehead atoms. The zero-order valence-electron chi connectivity index (χ0n) is 11.8. The maximum Gasteiger partial charge on any atom is 0.359 e. The Morgan fingerprint density at radius 2 is 2.14 bits per heavy atom. The molecule has 21 heavy (non-hydrogen) atoms. The van der Waals surface area contributed by atoms with Crippen LogP contribution < -0.4 is 0 Å². The van der Waals surface area contributed by atoms with E-state index < -0.39 is 5.97 Å². The minimum atomic E-state index is -0.413. The van der Waals surface area contributed by atoms with Gasteiger partial charge in [0.15, 0.2) is 10.3 Å². The largest absolute Gasteiger partial charge is 0.460 e. The van der Waals surface area contributed by atoms with Gasteiger partial charge in [-0.15, -0.1) is 5.10 Å². The van der Waals surface area contributed by atoms with Gasteiger partial charge in [0, 0.05) is 5.75 Å². The molecule has 0 aliphatic carbocycles. The monoisotopic (exact) mass is 369 g/mol. The third-order valence-electron chi connectivity index (χ3n) is 3.02. The zero-order chi connectivity index (χ0) is 15.2. The van der Waals surface area contributed by atoms with Crippen molar-refractivity contribution < 1.29 is 9.53 Å². The van der Waals surface area contributed by atoms with Crippen molar-refractivity contribution in [3.63, 3.8) is 0 Å². The fraction of sp³-hybridized carbons (Fsp3) is 0.357. The van der Waals surface area contributed by atoms with E-state index in [1.807, 2.05) is 43.5 Å². The number of benzene rings is 1. The molecule has 2 aromatic rings. The van der Waals surface area contributed by atoms with Crippen LogP contribution in [-0.2, 0) is 4.74 Å². The Morgan fingerprint density at radius 1 is 1.43 bits per heavy atom. The topological polar surface area (TPSA) is 57.0 Å². The molecule has 1 aromatic carbocycles. The van der Waals surface area contributed by atoms with Crippen molar-refractivity contribution in [2.24, 2.45) is 0 Å². The zero-order valence-corrected chi connectivity index (χ0v) is 14.2. The Kier molecular flexibility index (Phi) is 5.81. The van der Waals surface area contributed by atoms with E-state index >= 15 is 0 Å². The minimum absolute atomic E-state index is 0.104. The molecule has 0 amide bonds. The van der Waals surface area contributed by atoms with Gasteiger partial charge in [0.2, 0.25) is 0 Å². The molecule has 0 unspecified atom stereocenters. The summed E-state index contributed by atoms with van der Waals surface area (Å²) in [6.45, 7) is 2.34. The minimum Gasteiger partial charge on any atom is -0.460 e. The SMILES string of the molecule is CSCCOC(=O)c1c(Br)nnn1[C@H](C)c1ccccc1. The van der Waals surface area contributed by atoms with Crippen molar-refractivity contribution in [3.8, 4) is 0 Å². The number of rotatable bonds is 6. The maximum absolute atomic E-state index is 12.2. The van der Waals surface area contributed by atoms with Crippen LogP contribution in [0, 0.1) is 0 Å². The van der Waals surface area contributed by atoms with Gasteiger partial charge in [-0.1, -0.05) is 35.5 Å². The molecular weight excluding hydrogens is 354 g/mol. The van der Waals surface area contributed by atoms with E-state index in [0.717, 1.165) is 11.3 Å². The fourth-order valence-corrected chi connectivity index (χ4v) is 2.55. The molecule has 0 aliphatic heterocycles. The van der Waals surface area contributed by atoms with Crippen LogP contribution >= 0.6 is 27.7 Å². The molecule has 5 nitrogen and oxygen atoms in total. The van der Waals surface area contributed by atoms with E-state index in [1.54, 1.807) is 16.4 Å². The molecule has 1 atom stereocenters. The van der Waals surface area contributed by atoms with Gasteiger partial charge < -0.3 is 4.74 Å². The number of hydrogen-bond donors (Lipinski definition) is 0. The van der Waals surface area contributed by atoms with E-state index in [0.29, 0.717) is 16.9 Å². The Labute approximate surface area is 136 Å². The third kappa shape index (κ3) is 3.85. The van der Waals surface area contributed by atoms with Crippen LogP contribution in [0.3, 0.4) is 0 Å². The van der Waals surface area contributed by atoms with Crippen molar-refractivity contribution >= 4 is 33.7 Å². The number of nitrogens with zero attached hydrogens (tertiary/aromatic N) is 3. The lowest BCUT2D eigenvalue weighted by Crippen LogP contribution is -2.18. The van der Waals surface area contributed by atoms with Crippen LogP contribution in [0.1, 0.15) is 29.0 Å². The predicted octanol–water partition coefficient (Wildman–Crippen LogP) is 3.17. The number of esters is 1. The maximum atomic E-state index is 12.2. The van der Waals surface area contributed by atoms with Gasteiger partial charge in [-0.25, -0.2) is 9.48 Å². The summed E-state index contributed by atoms with van der Waals surface area (Å²) in [6.07, 6.45) is 1.97. The van der Waals surface area contributed by atoms with E-state index in [1.165, 1.54) is 0 Å². The molecule has 112 valence electrons. The molecule has 0 aliphatic rings. The molecule has 1 aromatic heterocycles. The molecule has 0 saturated heterocycles. The average molecular weight is 370 g/mol. The Hall–Kier alpha value is -1.34. The average Bonchev–Trinajstić information content (AvgIpc) is 2.89. The highest BCUT2D eigenvalue weighted by Crippen LogP contribution is 2.23. The van der Waals surface area contributed by atoms with E-state index in [-0.39, 0.29) is 6.04 Å². The summed E-state index contributed by atoms with van der Waals surface area (Å²) in [5.74, 6) is 0.350. The summed E-state index contributed by atoms with van der Waals surface area (Å²) in [5, 5.41) is 7.99. The summed E-state index contributed by atoms with van der Waals surface area (Å²) >= 11 is 4.89. The summed E-state index contributed by atoms with van der Waals surface area (Å²) < 4.78 is 7.23. The molecule has 0 spiro atoms. The highest BCUT2D eigenvalue weighted by Gasteiger charge is 2.24. The highest BCUT2D eigenvalue weighted by atomic mass is 79.9. The second kappa shape index (κ2) is 7.61.